The predicted molar refractivity (Wildman–Crippen MR) is 71.0 cm³/mol. The van der Waals surface area contributed by atoms with Gasteiger partial charge in [0.1, 0.15) is 6.04 Å². The summed E-state index contributed by atoms with van der Waals surface area (Å²) >= 11 is 0. The summed E-state index contributed by atoms with van der Waals surface area (Å²) in [6.45, 7) is 0.130. The lowest BCUT2D eigenvalue weighted by Crippen LogP contribution is -2.54. The number of fused-ring (bicyclic) bond motifs is 1. The van der Waals surface area contributed by atoms with Gasteiger partial charge in [-0.05, 0) is 18.1 Å². The van der Waals surface area contributed by atoms with Crippen LogP contribution in [0.15, 0.2) is 18.2 Å². The number of nitrogens with two attached hydrogens (primary N) is 1. The van der Waals surface area contributed by atoms with Gasteiger partial charge in [-0.15, -0.1) is 0 Å². The highest BCUT2D eigenvalue weighted by atomic mass is 16.2. The minimum atomic E-state index is -0.944. The van der Waals surface area contributed by atoms with E-state index in [0.29, 0.717) is 5.56 Å². The highest BCUT2D eigenvalue weighted by Gasteiger charge is 2.45. The van der Waals surface area contributed by atoms with Crippen LogP contribution in [0.3, 0.4) is 0 Å². The van der Waals surface area contributed by atoms with Gasteiger partial charge in [0.25, 0.3) is 11.8 Å². The first-order valence-corrected chi connectivity index (χ1v) is 6.58. The van der Waals surface area contributed by atoms with Crippen molar-refractivity contribution in [2.75, 3.05) is 0 Å². The molecule has 1 saturated heterocycles. The molecule has 108 valence electrons. The van der Waals surface area contributed by atoms with Gasteiger partial charge in [-0.1, -0.05) is 12.1 Å². The van der Waals surface area contributed by atoms with Crippen molar-refractivity contribution in [3.63, 3.8) is 0 Å². The Kier molecular flexibility index (Phi) is 3.06. The Bertz CT molecular complexity index is 683. The standard InChI is InChI=1S/C14H13N3O4/c15-6-7-2-1-3-8-11(7)14(21)17(13(8)20)9-4-5-10(18)16-12(9)19/h1-3,9H,4-6,15H2,(H,16,18,19)/t9-/m0/s1. The molecular weight excluding hydrogens is 274 g/mol. The van der Waals surface area contributed by atoms with E-state index in [4.69, 9.17) is 5.73 Å². The van der Waals surface area contributed by atoms with E-state index in [1.165, 1.54) is 0 Å². The molecular formula is C14H13N3O4. The fourth-order valence-corrected chi connectivity index (χ4v) is 2.76. The van der Waals surface area contributed by atoms with E-state index >= 15 is 0 Å². The number of amides is 4. The van der Waals surface area contributed by atoms with Gasteiger partial charge in [0.2, 0.25) is 11.8 Å². The normalized spacial score (nSPS) is 21.6. The number of nitrogens with one attached hydrogen (secondary N) is 1. The largest absolute Gasteiger partial charge is 0.326 e. The topological polar surface area (TPSA) is 110 Å². The summed E-state index contributed by atoms with van der Waals surface area (Å²) in [5.74, 6) is -2.05. The van der Waals surface area contributed by atoms with Gasteiger partial charge in [-0.3, -0.25) is 29.4 Å². The first-order chi connectivity index (χ1) is 10.0. The molecule has 3 rings (SSSR count). The Morgan fingerprint density at radius 3 is 2.62 bits per heavy atom. The molecule has 1 aromatic carbocycles. The molecule has 0 spiro atoms. The van der Waals surface area contributed by atoms with Crippen LogP contribution in [-0.4, -0.2) is 34.6 Å². The molecule has 3 N–H and O–H groups in total. The van der Waals surface area contributed by atoms with Crippen molar-refractivity contribution < 1.29 is 19.2 Å². The Morgan fingerprint density at radius 2 is 1.95 bits per heavy atom. The van der Waals surface area contributed by atoms with Crippen LogP contribution in [0.1, 0.15) is 39.1 Å². The van der Waals surface area contributed by atoms with Crippen LogP contribution < -0.4 is 11.1 Å². The zero-order chi connectivity index (χ0) is 15.1. The molecule has 1 fully saturated rings. The molecule has 21 heavy (non-hydrogen) atoms. The molecule has 0 saturated carbocycles. The molecule has 2 aliphatic heterocycles. The van der Waals surface area contributed by atoms with E-state index in [0.717, 1.165) is 4.90 Å². The van der Waals surface area contributed by atoms with Crippen LogP contribution in [0.25, 0.3) is 0 Å². The summed E-state index contributed by atoms with van der Waals surface area (Å²) in [5, 5.41) is 2.15. The Balaban J connectivity index is 2.00. The van der Waals surface area contributed by atoms with Gasteiger partial charge in [0.05, 0.1) is 11.1 Å². The average molecular weight is 287 g/mol. The number of nitrogens with zero attached hydrogens (tertiary/aromatic N) is 1. The van der Waals surface area contributed by atoms with E-state index in [1.807, 2.05) is 0 Å². The van der Waals surface area contributed by atoms with Crippen molar-refractivity contribution in [3.05, 3.63) is 34.9 Å². The lowest BCUT2D eigenvalue weighted by atomic mass is 10.0. The number of piperidine rings is 1. The van der Waals surface area contributed by atoms with Crippen molar-refractivity contribution in [2.45, 2.75) is 25.4 Å². The lowest BCUT2D eigenvalue weighted by Gasteiger charge is -2.27. The number of benzene rings is 1. The monoisotopic (exact) mass is 287 g/mol. The predicted octanol–water partition coefficient (Wildman–Crippen LogP) is -0.454. The molecule has 0 aromatic heterocycles. The Hall–Kier alpha value is -2.54. The maximum atomic E-state index is 12.5. The van der Waals surface area contributed by atoms with Gasteiger partial charge in [-0.25, -0.2) is 0 Å². The van der Waals surface area contributed by atoms with Crippen LogP contribution in [0.2, 0.25) is 0 Å². The smallest absolute Gasteiger partial charge is 0.262 e. The van der Waals surface area contributed by atoms with E-state index in [1.54, 1.807) is 18.2 Å². The Morgan fingerprint density at radius 1 is 1.19 bits per heavy atom. The second kappa shape index (κ2) is 4.78. The number of hydrogen-bond acceptors (Lipinski definition) is 5. The highest BCUT2D eigenvalue weighted by Crippen LogP contribution is 2.29. The molecule has 7 heteroatoms. The van der Waals surface area contributed by atoms with E-state index < -0.39 is 29.7 Å². The second-order valence-corrected chi connectivity index (χ2v) is 4.99. The van der Waals surface area contributed by atoms with Crippen LogP contribution in [-0.2, 0) is 16.1 Å². The van der Waals surface area contributed by atoms with Crippen molar-refractivity contribution >= 4 is 23.6 Å². The van der Waals surface area contributed by atoms with Gasteiger partial charge < -0.3 is 5.73 Å². The molecule has 7 nitrogen and oxygen atoms in total. The zero-order valence-electron chi connectivity index (χ0n) is 11.1. The first kappa shape index (κ1) is 13.4. The molecule has 0 unspecified atom stereocenters. The van der Waals surface area contributed by atoms with Crippen LogP contribution in [0, 0.1) is 0 Å². The molecule has 0 aliphatic carbocycles. The van der Waals surface area contributed by atoms with Crippen LogP contribution in [0.5, 0.6) is 0 Å². The second-order valence-electron chi connectivity index (χ2n) is 4.99. The molecule has 2 aliphatic rings. The minimum absolute atomic E-state index is 0.105. The number of imide groups is 2. The highest BCUT2D eigenvalue weighted by molar-refractivity contribution is 6.24. The molecule has 2 heterocycles. The van der Waals surface area contributed by atoms with Gasteiger partial charge in [0, 0.05) is 13.0 Å². The molecule has 0 bridgehead atoms. The zero-order valence-corrected chi connectivity index (χ0v) is 11.1. The summed E-state index contributed by atoms with van der Waals surface area (Å²) in [7, 11) is 0. The fraction of sp³-hybridized carbons (Fsp3) is 0.286. The van der Waals surface area contributed by atoms with Crippen molar-refractivity contribution in [1.82, 2.24) is 10.2 Å². The van der Waals surface area contributed by atoms with E-state index in [9.17, 15) is 19.2 Å². The van der Waals surface area contributed by atoms with E-state index in [2.05, 4.69) is 5.32 Å². The van der Waals surface area contributed by atoms with E-state index in [-0.39, 0.29) is 30.5 Å². The van der Waals surface area contributed by atoms with Gasteiger partial charge >= 0.3 is 0 Å². The maximum Gasteiger partial charge on any atom is 0.262 e. The Labute approximate surface area is 120 Å². The summed E-state index contributed by atoms with van der Waals surface area (Å²) in [6, 6.07) is 3.93. The first-order valence-electron chi connectivity index (χ1n) is 6.58. The van der Waals surface area contributed by atoms with Crippen LogP contribution >= 0.6 is 0 Å². The lowest BCUT2D eigenvalue weighted by molar-refractivity contribution is -0.136. The molecule has 4 amide bonds. The molecule has 0 radical (unpaired) electrons. The number of rotatable bonds is 2. The SMILES string of the molecule is NCc1cccc2c1C(=O)N([C@H]1CCC(=O)NC1=O)C2=O. The summed E-state index contributed by atoms with van der Waals surface area (Å²) in [5.41, 5.74) is 6.68. The van der Waals surface area contributed by atoms with Gasteiger partial charge in [0.15, 0.2) is 0 Å². The van der Waals surface area contributed by atoms with Crippen molar-refractivity contribution in [1.29, 1.82) is 0 Å². The number of hydrogen-bond donors (Lipinski definition) is 2. The summed E-state index contributed by atoms with van der Waals surface area (Å²) in [6.07, 6.45) is 0.252. The fourth-order valence-electron chi connectivity index (χ4n) is 2.76. The summed E-state index contributed by atoms with van der Waals surface area (Å²) < 4.78 is 0. The summed E-state index contributed by atoms with van der Waals surface area (Å²) in [4.78, 5) is 48.9. The third-order valence-electron chi connectivity index (χ3n) is 3.77. The number of carbonyl (C=O) groups is 4. The molecule has 1 aromatic rings. The minimum Gasteiger partial charge on any atom is -0.326 e. The van der Waals surface area contributed by atoms with Crippen molar-refractivity contribution in [3.8, 4) is 0 Å². The average Bonchev–Trinajstić information content (AvgIpc) is 2.72. The quantitative estimate of drug-likeness (QED) is 0.716. The molecule has 1 atom stereocenters. The number of carbonyl (C=O) groups excluding carboxylic acids is 4. The van der Waals surface area contributed by atoms with Gasteiger partial charge in [-0.2, -0.15) is 0 Å². The third kappa shape index (κ3) is 1.93. The van der Waals surface area contributed by atoms with Crippen molar-refractivity contribution in [2.24, 2.45) is 5.73 Å². The maximum absolute atomic E-state index is 12.5. The third-order valence-corrected chi connectivity index (χ3v) is 3.77. The van der Waals surface area contributed by atoms with Crippen LogP contribution in [0.4, 0.5) is 0 Å².